The SMILES string of the molecule is Cc1ccccc1CC(O)c1ccc(Cl)cc1. The van der Waals surface area contributed by atoms with Gasteiger partial charge in [-0.05, 0) is 35.7 Å². The van der Waals surface area contributed by atoms with Gasteiger partial charge in [0.1, 0.15) is 0 Å². The number of aliphatic hydroxyl groups excluding tert-OH is 1. The molecule has 0 amide bonds. The van der Waals surface area contributed by atoms with E-state index in [0.29, 0.717) is 11.4 Å². The second-order valence-corrected chi connectivity index (χ2v) is 4.63. The van der Waals surface area contributed by atoms with E-state index in [2.05, 4.69) is 19.1 Å². The van der Waals surface area contributed by atoms with E-state index in [1.54, 1.807) is 12.1 Å². The first-order valence-corrected chi connectivity index (χ1v) is 6.02. The normalized spacial score (nSPS) is 12.4. The molecule has 0 aliphatic rings. The molecule has 0 fully saturated rings. The lowest BCUT2D eigenvalue weighted by Crippen LogP contribution is -2.02. The largest absolute Gasteiger partial charge is 0.388 e. The summed E-state index contributed by atoms with van der Waals surface area (Å²) in [5.41, 5.74) is 3.29. The van der Waals surface area contributed by atoms with Gasteiger partial charge in [0.2, 0.25) is 0 Å². The smallest absolute Gasteiger partial charge is 0.0830 e. The molecule has 0 saturated carbocycles. The molecule has 2 aromatic rings. The van der Waals surface area contributed by atoms with Crippen LogP contribution in [0, 0.1) is 6.92 Å². The summed E-state index contributed by atoms with van der Waals surface area (Å²) in [5, 5.41) is 10.8. The third-order valence-electron chi connectivity index (χ3n) is 2.93. The monoisotopic (exact) mass is 246 g/mol. The standard InChI is InChI=1S/C15H15ClO/c1-11-4-2-3-5-13(11)10-15(17)12-6-8-14(16)9-7-12/h2-9,15,17H,10H2,1H3. The molecule has 2 rings (SSSR count). The van der Waals surface area contributed by atoms with Crippen molar-refractivity contribution < 1.29 is 5.11 Å². The quantitative estimate of drug-likeness (QED) is 0.870. The van der Waals surface area contributed by atoms with E-state index in [1.807, 2.05) is 24.3 Å². The summed E-state index contributed by atoms with van der Waals surface area (Å²) in [4.78, 5) is 0. The minimum atomic E-state index is -0.478. The zero-order chi connectivity index (χ0) is 12.3. The highest BCUT2D eigenvalue weighted by molar-refractivity contribution is 6.30. The predicted molar refractivity (Wildman–Crippen MR) is 71.3 cm³/mol. The minimum absolute atomic E-state index is 0.478. The van der Waals surface area contributed by atoms with Crippen LogP contribution in [0.5, 0.6) is 0 Å². The maximum atomic E-state index is 10.1. The molecule has 17 heavy (non-hydrogen) atoms. The Kier molecular flexibility index (Phi) is 3.82. The number of aliphatic hydroxyl groups is 1. The number of hydrogen-bond acceptors (Lipinski definition) is 1. The predicted octanol–water partition coefficient (Wildman–Crippen LogP) is 3.92. The Labute approximate surface area is 107 Å². The van der Waals surface area contributed by atoms with Crippen molar-refractivity contribution in [2.75, 3.05) is 0 Å². The van der Waals surface area contributed by atoms with Gasteiger partial charge in [0.05, 0.1) is 6.10 Å². The maximum absolute atomic E-state index is 10.1. The third kappa shape index (κ3) is 3.09. The molecule has 0 aliphatic carbocycles. The van der Waals surface area contributed by atoms with Gasteiger partial charge in [-0.25, -0.2) is 0 Å². The van der Waals surface area contributed by atoms with Gasteiger partial charge in [0, 0.05) is 11.4 Å². The topological polar surface area (TPSA) is 20.2 Å². The van der Waals surface area contributed by atoms with Crippen LogP contribution in [0.2, 0.25) is 5.02 Å². The lowest BCUT2D eigenvalue weighted by molar-refractivity contribution is 0.178. The van der Waals surface area contributed by atoms with Crippen LogP contribution in [0.25, 0.3) is 0 Å². The Morgan fingerprint density at radius 2 is 1.71 bits per heavy atom. The maximum Gasteiger partial charge on any atom is 0.0830 e. The molecule has 0 aromatic heterocycles. The number of aryl methyl sites for hydroxylation is 1. The van der Waals surface area contributed by atoms with Crippen LogP contribution in [0.4, 0.5) is 0 Å². The van der Waals surface area contributed by atoms with Crippen LogP contribution in [-0.2, 0) is 6.42 Å². The van der Waals surface area contributed by atoms with Crippen molar-refractivity contribution in [3.8, 4) is 0 Å². The minimum Gasteiger partial charge on any atom is -0.388 e. The molecule has 1 nitrogen and oxygen atoms in total. The highest BCUT2D eigenvalue weighted by Gasteiger charge is 2.09. The Morgan fingerprint density at radius 1 is 1.06 bits per heavy atom. The molecule has 0 radical (unpaired) electrons. The third-order valence-corrected chi connectivity index (χ3v) is 3.18. The Hall–Kier alpha value is -1.31. The van der Waals surface area contributed by atoms with Gasteiger partial charge in [0.25, 0.3) is 0 Å². The van der Waals surface area contributed by atoms with E-state index in [4.69, 9.17) is 11.6 Å². The Bertz CT molecular complexity index is 491. The van der Waals surface area contributed by atoms with Crippen molar-refractivity contribution >= 4 is 11.6 Å². The van der Waals surface area contributed by atoms with E-state index >= 15 is 0 Å². The van der Waals surface area contributed by atoms with Crippen molar-refractivity contribution in [2.45, 2.75) is 19.4 Å². The van der Waals surface area contributed by atoms with Gasteiger partial charge in [-0.15, -0.1) is 0 Å². The molecule has 88 valence electrons. The van der Waals surface area contributed by atoms with Crippen LogP contribution in [-0.4, -0.2) is 5.11 Å². The molecule has 2 heteroatoms. The second-order valence-electron chi connectivity index (χ2n) is 4.20. The van der Waals surface area contributed by atoms with Crippen LogP contribution in [0.1, 0.15) is 22.8 Å². The van der Waals surface area contributed by atoms with Gasteiger partial charge in [0.15, 0.2) is 0 Å². The average Bonchev–Trinajstić information content (AvgIpc) is 2.33. The van der Waals surface area contributed by atoms with Crippen LogP contribution < -0.4 is 0 Å². The highest BCUT2D eigenvalue weighted by atomic mass is 35.5. The zero-order valence-electron chi connectivity index (χ0n) is 9.73. The number of hydrogen-bond donors (Lipinski definition) is 1. The first kappa shape index (κ1) is 12.2. The molecule has 1 atom stereocenters. The van der Waals surface area contributed by atoms with E-state index in [1.165, 1.54) is 11.1 Å². The average molecular weight is 247 g/mol. The Balaban J connectivity index is 2.14. The summed E-state index contributed by atoms with van der Waals surface area (Å²) in [6.45, 7) is 2.06. The van der Waals surface area contributed by atoms with Crippen molar-refractivity contribution in [2.24, 2.45) is 0 Å². The highest BCUT2D eigenvalue weighted by Crippen LogP contribution is 2.21. The second kappa shape index (κ2) is 5.35. The van der Waals surface area contributed by atoms with Crippen molar-refractivity contribution in [3.63, 3.8) is 0 Å². The molecule has 0 spiro atoms. The van der Waals surface area contributed by atoms with Crippen molar-refractivity contribution in [3.05, 3.63) is 70.2 Å². The van der Waals surface area contributed by atoms with Crippen LogP contribution in [0.3, 0.4) is 0 Å². The molecule has 2 aromatic carbocycles. The number of rotatable bonds is 3. The summed E-state index contributed by atoms with van der Waals surface area (Å²) >= 11 is 5.82. The fourth-order valence-corrected chi connectivity index (χ4v) is 1.98. The Morgan fingerprint density at radius 3 is 2.35 bits per heavy atom. The van der Waals surface area contributed by atoms with Crippen LogP contribution >= 0.6 is 11.6 Å². The number of halogens is 1. The summed E-state index contributed by atoms with van der Waals surface area (Å²) in [6, 6.07) is 15.5. The summed E-state index contributed by atoms with van der Waals surface area (Å²) in [6.07, 6.45) is 0.155. The lowest BCUT2D eigenvalue weighted by atomic mass is 9.98. The first-order valence-electron chi connectivity index (χ1n) is 5.65. The van der Waals surface area contributed by atoms with Crippen molar-refractivity contribution in [1.29, 1.82) is 0 Å². The van der Waals surface area contributed by atoms with E-state index in [9.17, 15) is 5.11 Å². The molecule has 1 unspecified atom stereocenters. The summed E-state index contributed by atoms with van der Waals surface area (Å²) < 4.78 is 0. The van der Waals surface area contributed by atoms with Gasteiger partial charge in [-0.3, -0.25) is 0 Å². The zero-order valence-corrected chi connectivity index (χ0v) is 10.5. The van der Waals surface area contributed by atoms with Gasteiger partial charge in [-0.1, -0.05) is 48.0 Å². The van der Waals surface area contributed by atoms with E-state index in [0.717, 1.165) is 5.56 Å². The molecule has 0 heterocycles. The van der Waals surface area contributed by atoms with Gasteiger partial charge >= 0.3 is 0 Å². The summed E-state index contributed by atoms with van der Waals surface area (Å²) in [7, 11) is 0. The summed E-state index contributed by atoms with van der Waals surface area (Å²) in [5.74, 6) is 0. The van der Waals surface area contributed by atoms with Gasteiger partial charge in [-0.2, -0.15) is 0 Å². The lowest BCUT2D eigenvalue weighted by Gasteiger charge is -2.12. The molecular formula is C15H15ClO. The molecular weight excluding hydrogens is 232 g/mol. The van der Waals surface area contributed by atoms with Crippen molar-refractivity contribution in [1.82, 2.24) is 0 Å². The van der Waals surface area contributed by atoms with E-state index in [-0.39, 0.29) is 0 Å². The molecule has 0 saturated heterocycles. The number of benzene rings is 2. The fraction of sp³-hybridized carbons (Fsp3) is 0.200. The van der Waals surface area contributed by atoms with Gasteiger partial charge < -0.3 is 5.11 Å². The molecule has 1 N–H and O–H groups in total. The van der Waals surface area contributed by atoms with E-state index < -0.39 is 6.10 Å². The first-order chi connectivity index (χ1) is 8.16. The van der Waals surface area contributed by atoms with Crippen LogP contribution in [0.15, 0.2) is 48.5 Å². The molecule has 0 bridgehead atoms. The fourth-order valence-electron chi connectivity index (χ4n) is 1.85. The molecule has 0 aliphatic heterocycles.